The van der Waals surface area contributed by atoms with E-state index in [2.05, 4.69) is 36.2 Å². The Labute approximate surface area is 220 Å². The average Bonchev–Trinajstić information content (AvgIpc) is 2.90. The van der Waals surface area contributed by atoms with Crippen LogP contribution in [0.4, 0.5) is 0 Å². The van der Waals surface area contributed by atoms with Crippen LogP contribution in [0.1, 0.15) is 58.8 Å². The Balaban J connectivity index is 1.37. The smallest absolute Gasteiger partial charge is 0.253 e. The fourth-order valence-electron chi connectivity index (χ4n) is 5.56. The van der Waals surface area contributed by atoms with Gasteiger partial charge in [-0.05, 0) is 93.1 Å². The fourth-order valence-corrected chi connectivity index (χ4v) is 5.68. The first-order valence-corrected chi connectivity index (χ1v) is 13.6. The molecule has 7 heteroatoms. The summed E-state index contributed by atoms with van der Waals surface area (Å²) in [5, 5.41) is 4.01. The summed E-state index contributed by atoms with van der Waals surface area (Å²) in [6, 6.07) is 12.5. The van der Waals surface area contributed by atoms with Gasteiger partial charge < -0.3 is 19.7 Å². The van der Waals surface area contributed by atoms with Crippen LogP contribution < -0.4 is 10.1 Å². The Kier molecular flexibility index (Phi) is 9.66. The predicted octanol–water partition coefficient (Wildman–Crippen LogP) is 5.01. The SMILES string of the molecule is COCCNCCCOc1ccc(C2CCC[C@H]3CN(C(=O)c4ccc(Cl)cc4)CCN23)c(C)c1C. The molecule has 6 nitrogen and oxygen atoms in total. The molecule has 1 unspecified atom stereocenters. The molecule has 4 rings (SSSR count). The number of piperazine rings is 1. The minimum Gasteiger partial charge on any atom is -0.493 e. The highest BCUT2D eigenvalue weighted by Gasteiger charge is 2.37. The lowest BCUT2D eigenvalue weighted by atomic mass is 9.86. The largest absolute Gasteiger partial charge is 0.493 e. The molecule has 0 radical (unpaired) electrons. The van der Waals surface area contributed by atoms with Crippen LogP contribution in [0.3, 0.4) is 0 Å². The maximum Gasteiger partial charge on any atom is 0.253 e. The number of hydrogen-bond donors (Lipinski definition) is 1. The van der Waals surface area contributed by atoms with Crippen LogP contribution in [0.15, 0.2) is 36.4 Å². The van der Waals surface area contributed by atoms with Gasteiger partial charge in [-0.1, -0.05) is 17.7 Å². The lowest BCUT2D eigenvalue weighted by Gasteiger charge is -2.48. The van der Waals surface area contributed by atoms with Gasteiger partial charge in [-0.3, -0.25) is 9.69 Å². The monoisotopic (exact) mass is 513 g/mol. The van der Waals surface area contributed by atoms with Crippen molar-refractivity contribution in [2.75, 3.05) is 53.0 Å². The predicted molar refractivity (Wildman–Crippen MR) is 145 cm³/mol. The molecule has 1 N–H and O–H groups in total. The third-order valence-corrected chi connectivity index (χ3v) is 7.95. The van der Waals surface area contributed by atoms with E-state index in [-0.39, 0.29) is 5.91 Å². The molecule has 2 saturated heterocycles. The van der Waals surface area contributed by atoms with E-state index in [1.807, 2.05) is 17.0 Å². The van der Waals surface area contributed by atoms with Crippen molar-refractivity contribution in [3.63, 3.8) is 0 Å². The summed E-state index contributed by atoms with van der Waals surface area (Å²) in [7, 11) is 1.72. The normalized spacial score (nSPS) is 20.3. The van der Waals surface area contributed by atoms with Crippen molar-refractivity contribution >= 4 is 17.5 Å². The summed E-state index contributed by atoms with van der Waals surface area (Å²) in [5.74, 6) is 1.09. The molecule has 0 saturated carbocycles. The second-order valence-electron chi connectivity index (χ2n) is 9.94. The Morgan fingerprint density at radius 3 is 2.61 bits per heavy atom. The van der Waals surface area contributed by atoms with E-state index in [9.17, 15) is 4.79 Å². The van der Waals surface area contributed by atoms with Crippen molar-refractivity contribution in [2.24, 2.45) is 0 Å². The summed E-state index contributed by atoms with van der Waals surface area (Å²) in [5.41, 5.74) is 4.69. The van der Waals surface area contributed by atoms with Crippen LogP contribution in [-0.4, -0.2) is 74.8 Å². The molecular weight excluding hydrogens is 474 g/mol. The first-order valence-electron chi connectivity index (χ1n) is 13.2. The highest BCUT2D eigenvalue weighted by atomic mass is 35.5. The second-order valence-corrected chi connectivity index (χ2v) is 10.4. The number of rotatable bonds is 10. The molecule has 2 heterocycles. The molecule has 0 spiro atoms. The maximum atomic E-state index is 13.1. The van der Waals surface area contributed by atoms with Crippen molar-refractivity contribution in [1.82, 2.24) is 15.1 Å². The minimum absolute atomic E-state index is 0.107. The summed E-state index contributed by atoms with van der Waals surface area (Å²) in [4.78, 5) is 17.7. The Bertz CT molecular complexity index is 1010. The number of methoxy groups -OCH3 is 1. The number of ether oxygens (including phenoxy) is 2. The molecular formula is C29H40ClN3O3. The molecule has 0 aromatic heterocycles. The molecule has 2 aromatic rings. The number of fused-ring (bicyclic) bond motifs is 1. The first kappa shape index (κ1) is 26.9. The molecule has 2 aliphatic heterocycles. The molecule has 36 heavy (non-hydrogen) atoms. The average molecular weight is 514 g/mol. The summed E-state index contributed by atoms with van der Waals surface area (Å²) < 4.78 is 11.2. The Morgan fingerprint density at radius 2 is 1.83 bits per heavy atom. The molecule has 0 aliphatic carbocycles. The fraction of sp³-hybridized carbons (Fsp3) is 0.552. The van der Waals surface area contributed by atoms with Crippen LogP contribution in [-0.2, 0) is 4.74 Å². The molecule has 2 atom stereocenters. The van der Waals surface area contributed by atoms with Crippen molar-refractivity contribution in [3.8, 4) is 5.75 Å². The molecule has 196 valence electrons. The van der Waals surface area contributed by atoms with Gasteiger partial charge in [0.2, 0.25) is 0 Å². The standard InChI is InChI=1S/C29H40ClN3O3/c1-21-22(2)28(36-18-5-14-31-15-19-35-3)13-12-26(21)27-7-4-6-25-20-32(16-17-33(25)27)29(34)23-8-10-24(30)11-9-23/h8-13,25,27,31H,4-7,14-20H2,1-3H3/t25-,27?/m0/s1. The van der Waals surface area contributed by atoms with Gasteiger partial charge in [0.1, 0.15) is 5.75 Å². The molecule has 2 fully saturated rings. The number of benzene rings is 2. The number of nitrogens with one attached hydrogen (secondary N) is 1. The first-order chi connectivity index (χ1) is 17.5. The third kappa shape index (κ3) is 6.41. The minimum atomic E-state index is 0.107. The highest BCUT2D eigenvalue weighted by molar-refractivity contribution is 6.30. The van der Waals surface area contributed by atoms with Gasteiger partial charge in [-0.25, -0.2) is 0 Å². The molecule has 1 amide bonds. The van der Waals surface area contributed by atoms with Gasteiger partial charge in [0.25, 0.3) is 5.91 Å². The van der Waals surface area contributed by atoms with E-state index in [0.717, 1.165) is 64.3 Å². The Morgan fingerprint density at radius 1 is 1.03 bits per heavy atom. The zero-order valence-corrected chi connectivity index (χ0v) is 22.7. The summed E-state index contributed by atoms with van der Waals surface area (Å²) in [6.45, 7) is 10.1. The van der Waals surface area contributed by atoms with E-state index in [4.69, 9.17) is 21.1 Å². The van der Waals surface area contributed by atoms with Gasteiger partial charge in [0.05, 0.1) is 13.2 Å². The van der Waals surface area contributed by atoms with Gasteiger partial charge in [0.15, 0.2) is 0 Å². The van der Waals surface area contributed by atoms with Crippen LogP contribution in [0.25, 0.3) is 0 Å². The number of carbonyl (C=O) groups excluding carboxylic acids is 1. The number of halogens is 1. The second kappa shape index (κ2) is 12.9. The highest BCUT2D eigenvalue weighted by Crippen LogP contribution is 2.39. The van der Waals surface area contributed by atoms with Crippen LogP contribution in [0.5, 0.6) is 5.75 Å². The number of hydrogen-bond acceptors (Lipinski definition) is 5. The lowest BCUT2D eigenvalue weighted by Crippen LogP contribution is -2.57. The summed E-state index contributed by atoms with van der Waals surface area (Å²) >= 11 is 6.01. The van der Waals surface area contributed by atoms with Crippen molar-refractivity contribution in [3.05, 3.63) is 63.7 Å². The zero-order chi connectivity index (χ0) is 25.5. The lowest BCUT2D eigenvalue weighted by molar-refractivity contribution is 0.0101. The molecule has 2 aliphatic rings. The van der Waals surface area contributed by atoms with E-state index in [0.29, 0.717) is 29.3 Å². The third-order valence-electron chi connectivity index (χ3n) is 7.70. The van der Waals surface area contributed by atoms with Gasteiger partial charge >= 0.3 is 0 Å². The zero-order valence-electron chi connectivity index (χ0n) is 21.9. The van der Waals surface area contributed by atoms with E-state index >= 15 is 0 Å². The summed E-state index contributed by atoms with van der Waals surface area (Å²) in [6.07, 6.45) is 4.45. The van der Waals surface area contributed by atoms with Crippen LogP contribution in [0.2, 0.25) is 5.02 Å². The van der Waals surface area contributed by atoms with E-state index in [1.54, 1.807) is 19.2 Å². The van der Waals surface area contributed by atoms with E-state index < -0.39 is 0 Å². The van der Waals surface area contributed by atoms with Crippen molar-refractivity contribution in [1.29, 1.82) is 0 Å². The molecule has 0 bridgehead atoms. The van der Waals surface area contributed by atoms with Gasteiger partial charge in [-0.15, -0.1) is 0 Å². The van der Waals surface area contributed by atoms with Crippen LogP contribution in [0, 0.1) is 13.8 Å². The quantitative estimate of drug-likeness (QED) is 0.452. The topological polar surface area (TPSA) is 54.0 Å². The number of piperidine rings is 1. The van der Waals surface area contributed by atoms with Gasteiger partial charge in [-0.2, -0.15) is 0 Å². The van der Waals surface area contributed by atoms with Gasteiger partial charge in [0, 0.05) is 56.0 Å². The van der Waals surface area contributed by atoms with Crippen molar-refractivity contribution < 1.29 is 14.3 Å². The van der Waals surface area contributed by atoms with Crippen molar-refractivity contribution in [2.45, 2.75) is 51.6 Å². The Hall–Kier alpha value is -2.12. The number of nitrogens with zero attached hydrogens (tertiary/aromatic N) is 2. The van der Waals surface area contributed by atoms with Crippen LogP contribution >= 0.6 is 11.6 Å². The number of amides is 1. The maximum absolute atomic E-state index is 13.1. The molecule has 2 aromatic carbocycles. The number of carbonyl (C=O) groups is 1. The van der Waals surface area contributed by atoms with E-state index in [1.165, 1.54) is 23.1 Å².